The number of nitrogen functional groups attached to an aromatic ring is 1. The summed E-state index contributed by atoms with van der Waals surface area (Å²) in [6.45, 7) is 2.00. The number of carbonyl (C=O) groups is 1. The summed E-state index contributed by atoms with van der Waals surface area (Å²) < 4.78 is 70.9. The van der Waals surface area contributed by atoms with E-state index >= 15 is 0 Å². The zero-order chi connectivity index (χ0) is 30.7. The number of amides is 1. The van der Waals surface area contributed by atoms with Gasteiger partial charge in [0, 0.05) is 31.0 Å². The normalized spacial score (nSPS) is 17.5. The Morgan fingerprint density at radius 3 is 2.45 bits per heavy atom. The standard InChI is InChI=1S/C15H18FN3O3S.C14H18F3NS/c1-22-15(5-3-2-4-6-15)14(20)19-23(21)11-7-10(9-17)13(18)12(16)8-11;15-12-3-5-13(6-4-12)19-8-2-1-7-18-9-11(10-18)14(16)17/h7-8H,2-6,18H2,1H3,(H,19,20);3-6,11,14H,1-2,7-10H2. The van der Waals surface area contributed by atoms with Crippen molar-refractivity contribution >= 4 is 34.3 Å². The fourth-order valence-electron chi connectivity index (χ4n) is 4.79. The maximum absolute atomic E-state index is 13.7. The molecular formula is C29H36F4N4O3S2. The lowest BCUT2D eigenvalue weighted by Crippen LogP contribution is -2.50. The smallest absolute Gasteiger partial charge is 0.264 e. The Kier molecular flexibility index (Phi) is 13.1. The number of alkyl halides is 2. The molecule has 3 N–H and O–H groups in total. The largest absolute Gasteiger partial charge is 0.395 e. The minimum absolute atomic E-state index is 0.0244. The van der Waals surface area contributed by atoms with Gasteiger partial charge in [-0.25, -0.2) is 21.8 Å². The molecule has 42 heavy (non-hydrogen) atoms. The van der Waals surface area contributed by atoms with E-state index in [1.54, 1.807) is 30.0 Å². The molecule has 0 radical (unpaired) electrons. The van der Waals surface area contributed by atoms with Gasteiger partial charge in [0.25, 0.3) is 5.91 Å². The highest BCUT2D eigenvalue weighted by molar-refractivity contribution is 7.99. The number of hydrogen-bond donors (Lipinski definition) is 2. The molecule has 1 saturated heterocycles. The van der Waals surface area contributed by atoms with E-state index < -0.39 is 40.7 Å². The summed E-state index contributed by atoms with van der Waals surface area (Å²) in [7, 11) is -0.550. The van der Waals surface area contributed by atoms with Gasteiger partial charge in [-0.3, -0.25) is 9.52 Å². The predicted octanol–water partition coefficient (Wildman–Crippen LogP) is 5.66. The number of thioether (sulfide) groups is 1. The van der Waals surface area contributed by atoms with Crippen LogP contribution < -0.4 is 10.5 Å². The van der Waals surface area contributed by atoms with Gasteiger partial charge in [-0.1, -0.05) is 19.3 Å². The van der Waals surface area contributed by atoms with Gasteiger partial charge in [-0.2, -0.15) is 5.26 Å². The van der Waals surface area contributed by atoms with Crippen LogP contribution in [0.2, 0.25) is 0 Å². The molecule has 0 spiro atoms. The van der Waals surface area contributed by atoms with Crippen LogP contribution in [0.5, 0.6) is 0 Å². The number of ether oxygens (including phenoxy) is 1. The number of benzene rings is 2. The van der Waals surface area contributed by atoms with Crippen LogP contribution >= 0.6 is 11.8 Å². The number of nitriles is 1. The summed E-state index contributed by atoms with van der Waals surface area (Å²) in [5.74, 6) is -0.976. The molecule has 2 aromatic carbocycles. The first kappa shape index (κ1) is 33.8. The molecule has 2 aromatic rings. The Hall–Kier alpha value is -2.66. The number of carbonyl (C=O) groups excluding carboxylic acids is 1. The second-order valence-electron chi connectivity index (χ2n) is 10.3. The minimum atomic E-state index is -2.16. The number of hydrogen-bond acceptors (Lipinski definition) is 7. The third-order valence-corrected chi connectivity index (χ3v) is 9.51. The SMILES string of the molecule is COC1(C(=O)NS(=O)c2cc(F)c(N)c(C#N)c2)CCCCC1.Fc1ccc(SCCCCN2CC(C(F)F)C2)cc1. The van der Waals surface area contributed by atoms with Gasteiger partial charge in [0.05, 0.1) is 16.1 Å². The van der Waals surface area contributed by atoms with Crippen molar-refractivity contribution in [2.75, 3.05) is 38.2 Å². The zero-order valence-electron chi connectivity index (χ0n) is 23.4. The number of likely N-dealkylation sites (tertiary alicyclic amines) is 1. The van der Waals surface area contributed by atoms with Crippen molar-refractivity contribution in [2.24, 2.45) is 5.92 Å². The number of nitrogens with one attached hydrogen (secondary N) is 1. The molecule has 1 aliphatic heterocycles. The average Bonchev–Trinajstić information content (AvgIpc) is 2.96. The van der Waals surface area contributed by atoms with Crippen molar-refractivity contribution in [3.05, 3.63) is 53.6 Å². The fraction of sp³-hybridized carbons (Fsp3) is 0.517. The lowest BCUT2D eigenvalue weighted by atomic mass is 9.84. The van der Waals surface area contributed by atoms with Gasteiger partial charge < -0.3 is 15.4 Å². The number of anilines is 1. The van der Waals surface area contributed by atoms with Crippen LogP contribution in [0.1, 0.15) is 50.5 Å². The van der Waals surface area contributed by atoms with Crippen molar-refractivity contribution < 1.29 is 31.3 Å². The molecule has 0 bridgehead atoms. The summed E-state index contributed by atoms with van der Waals surface area (Å²) in [4.78, 5) is 15.6. The molecule has 13 heteroatoms. The summed E-state index contributed by atoms with van der Waals surface area (Å²) >= 11 is 1.71. The van der Waals surface area contributed by atoms with Crippen LogP contribution in [0.3, 0.4) is 0 Å². The second kappa shape index (κ2) is 16.3. The number of unbranched alkanes of at least 4 members (excludes halogenated alkanes) is 1. The van der Waals surface area contributed by atoms with E-state index in [2.05, 4.69) is 9.62 Å². The van der Waals surface area contributed by atoms with Gasteiger partial charge in [-0.15, -0.1) is 11.8 Å². The first-order valence-electron chi connectivity index (χ1n) is 13.7. The van der Waals surface area contributed by atoms with E-state index in [-0.39, 0.29) is 22.0 Å². The molecule has 2 aliphatic rings. The molecule has 1 saturated carbocycles. The third-order valence-electron chi connectivity index (χ3n) is 7.38. The van der Waals surface area contributed by atoms with Crippen LogP contribution in [0.15, 0.2) is 46.2 Å². The van der Waals surface area contributed by atoms with Gasteiger partial charge in [-0.05, 0) is 74.4 Å². The monoisotopic (exact) mass is 628 g/mol. The van der Waals surface area contributed by atoms with Crippen LogP contribution in [0, 0.1) is 28.9 Å². The van der Waals surface area contributed by atoms with Crippen LogP contribution in [-0.4, -0.2) is 59.5 Å². The van der Waals surface area contributed by atoms with Gasteiger partial charge >= 0.3 is 0 Å². The highest BCUT2D eigenvalue weighted by atomic mass is 32.2. The van der Waals surface area contributed by atoms with Gasteiger partial charge in [0.15, 0.2) is 11.0 Å². The fourth-order valence-corrected chi connectivity index (χ4v) is 6.61. The Morgan fingerprint density at radius 2 is 1.86 bits per heavy atom. The van der Waals surface area contributed by atoms with Crippen molar-refractivity contribution in [3.63, 3.8) is 0 Å². The van der Waals surface area contributed by atoms with Gasteiger partial charge in [0.1, 0.15) is 23.3 Å². The third kappa shape index (κ3) is 9.42. The molecular weight excluding hydrogens is 592 g/mol. The first-order chi connectivity index (χ1) is 20.1. The average molecular weight is 629 g/mol. The summed E-state index contributed by atoms with van der Waals surface area (Å²) in [6.07, 6.45) is 3.74. The van der Waals surface area contributed by atoms with E-state index in [9.17, 15) is 26.6 Å². The topological polar surface area (TPSA) is 108 Å². The van der Waals surface area contributed by atoms with E-state index in [0.717, 1.165) is 55.4 Å². The second-order valence-corrected chi connectivity index (χ2v) is 12.7. The molecule has 2 fully saturated rings. The predicted molar refractivity (Wildman–Crippen MR) is 155 cm³/mol. The quantitative estimate of drug-likeness (QED) is 0.143. The molecule has 0 aromatic heterocycles. The number of halogens is 4. The maximum atomic E-state index is 13.7. The number of nitrogens with two attached hydrogens (primary N) is 1. The maximum Gasteiger partial charge on any atom is 0.264 e. The molecule has 1 heterocycles. The van der Waals surface area contributed by atoms with Crippen molar-refractivity contribution in [1.29, 1.82) is 5.26 Å². The van der Waals surface area contributed by atoms with Crippen molar-refractivity contribution in [3.8, 4) is 6.07 Å². The number of nitrogens with zero attached hydrogens (tertiary/aromatic N) is 2. The summed E-state index contributed by atoms with van der Waals surface area (Å²) in [5.41, 5.74) is 3.99. The number of methoxy groups -OCH3 is 1. The molecule has 230 valence electrons. The van der Waals surface area contributed by atoms with Gasteiger partial charge in [0.2, 0.25) is 6.43 Å². The van der Waals surface area contributed by atoms with Crippen LogP contribution in [-0.2, 0) is 20.5 Å². The van der Waals surface area contributed by atoms with E-state index in [1.165, 1.54) is 25.3 Å². The summed E-state index contributed by atoms with van der Waals surface area (Å²) in [5, 5.41) is 8.91. The van der Waals surface area contributed by atoms with Crippen LogP contribution in [0.4, 0.5) is 23.2 Å². The number of rotatable bonds is 11. The first-order valence-corrected chi connectivity index (χ1v) is 15.9. The molecule has 1 unspecified atom stereocenters. The van der Waals surface area contributed by atoms with E-state index in [0.29, 0.717) is 25.9 Å². The minimum Gasteiger partial charge on any atom is -0.395 e. The molecule has 4 rings (SSSR count). The zero-order valence-corrected chi connectivity index (χ0v) is 25.1. The molecule has 1 atom stereocenters. The van der Waals surface area contributed by atoms with E-state index in [4.69, 9.17) is 15.7 Å². The highest BCUT2D eigenvalue weighted by Gasteiger charge is 2.40. The van der Waals surface area contributed by atoms with Crippen molar-refractivity contribution in [2.45, 2.75) is 66.8 Å². The summed E-state index contributed by atoms with van der Waals surface area (Å²) in [6, 6.07) is 10.4. The Bertz CT molecular complexity index is 1250. The van der Waals surface area contributed by atoms with E-state index in [1.807, 2.05) is 0 Å². The Labute approximate surface area is 250 Å². The molecule has 7 nitrogen and oxygen atoms in total. The molecule has 1 aliphatic carbocycles. The lowest BCUT2D eigenvalue weighted by molar-refractivity contribution is -0.145. The Morgan fingerprint density at radius 1 is 1.19 bits per heavy atom. The van der Waals surface area contributed by atoms with Crippen molar-refractivity contribution in [1.82, 2.24) is 9.62 Å². The highest BCUT2D eigenvalue weighted by Crippen LogP contribution is 2.32. The Balaban J connectivity index is 0.000000235. The van der Waals surface area contributed by atoms with Crippen LogP contribution in [0.25, 0.3) is 0 Å². The molecule has 1 amide bonds. The lowest BCUT2D eigenvalue weighted by Gasteiger charge is -2.38.